The number of amides is 2. The van der Waals surface area contributed by atoms with Gasteiger partial charge in [-0.2, -0.15) is 18.3 Å². The molecule has 0 saturated carbocycles. The summed E-state index contributed by atoms with van der Waals surface area (Å²) < 4.78 is 48.5. The molecule has 0 unspecified atom stereocenters. The zero-order chi connectivity index (χ0) is 21.6. The van der Waals surface area contributed by atoms with Gasteiger partial charge in [0.1, 0.15) is 11.5 Å². The number of hydrogen-bond donors (Lipinski definition) is 2. The van der Waals surface area contributed by atoms with E-state index in [1.807, 2.05) is 10.7 Å². The first-order valence-electron chi connectivity index (χ1n) is 7.89. The molecule has 0 heterocycles. The number of carbonyl (C=O) groups is 2. The second-order valence-corrected chi connectivity index (χ2v) is 5.86. The van der Waals surface area contributed by atoms with Crippen molar-refractivity contribution in [3.63, 3.8) is 0 Å². The lowest BCUT2D eigenvalue weighted by Gasteiger charge is -2.11. The maximum atomic E-state index is 12.8. The lowest BCUT2D eigenvalue weighted by atomic mass is 10.2. The lowest BCUT2D eigenvalue weighted by Crippen LogP contribution is -2.32. The van der Waals surface area contributed by atoms with E-state index < -0.39 is 23.6 Å². The highest BCUT2D eigenvalue weighted by atomic mass is 35.5. The number of hydrazone groups is 1. The van der Waals surface area contributed by atoms with Crippen molar-refractivity contribution < 1.29 is 32.2 Å². The van der Waals surface area contributed by atoms with Crippen molar-refractivity contribution in [2.45, 2.75) is 6.18 Å². The first-order valence-corrected chi connectivity index (χ1v) is 8.26. The number of nitrogens with one attached hydrogen (secondary N) is 2. The molecule has 0 aliphatic carbocycles. The summed E-state index contributed by atoms with van der Waals surface area (Å²) in [7, 11) is 2.90. The van der Waals surface area contributed by atoms with E-state index in [0.29, 0.717) is 23.1 Å². The molecule has 0 fully saturated rings. The van der Waals surface area contributed by atoms with E-state index in [4.69, 9.17) is 21.1 Å². The van der Waals surface area contributed by atoms with E-state index in [-0.39, 0.29) is 10.7 Å². The van der Waals surface area contributed by atoms with Crippen LogP contribution in [0.25, 0.3) is 0 Å². The molecular formula is C18H15ClF3N3O4. The van der Waals surface area contributed by atoms with Crippen molar-refractivity contribution in [3.8, 4) is 11.5 Å². The minimum atomic E-state index is -4.63. The van der Waals surface area contributed by atoms with Crippen molar-refractivity contribution in [3.05, 3.63) is 52.5 Å². The van der Waals surface area contributed by atoms with E-state index >= 15 is 0 Å². The van der Waals surface area contributed by atoms with Gasteiger partial charge in [-0.3, -0.25) is 9.59 Å². The van der Waals surface area contributed by atoms with Gasteiger partial charge in [-0.15, -0.1) is 0 Å². The molecule has 7 nitrogen and oxygen atoms in total. The van der Waals surface area contributed by atoms with Crippen LogP contribution in [-0.2, 0) is 15.8 Å². The highest BCUT2D eigenvalue weighted by Gasteiger charge is 2.31. The summed E-state index contributed by atoms with van der Waals surface area (Å²) in [6.45, 7) is 0. The van der Waals surface area contributed by atoms with Crippen LogP contribution in [0.4, 0.5) is 18.9 Å². The second-order valence-electron chi connectivity index (χ2n) is 5.45. The van der Waals surface area contributed by atoms with Crippen LogP contribution in [0.1, 0.15) is 11.1 Å². The number of halogens is 4. The van der Waals surface area contributed by atoms with Gasteiger partial charge in [-0.1, -0.05) is 11.6 Å². The summed E-state index contributed by atoms with van der Waals surface area (Å²) in [5.74, 6) is -1.52. The van der Waals surface area contributed by atoms with E-state index in [1.165, 1.54) is 20.4 Å². The van der Waals surface area contributed by atoms with Crippen LogP contribution < -0.4 is 20.2 Å². The van der Waals surface area contributed by atoms with E-state index in [0.717, 1.165) is 12.1 Å². The van der Waals surface area contributed by atoms with Crippen LogP contribution in [0.5, 0.6) is 11.5 Å². The maximum Gasteiger partial charge on any atom is 0.416 e. The Kier molecular flexibility index (Phi) is 7.05. The van der Waals surface area contributed by atoms with Crippen molar-refractivity contribution >= 4 is 35.3 Å². The molecule has 154 valence electrons. The molecule has 0 bridgehead atoms. The van der Waals surface area contributed by atoms with Gasteiger partial charge < -0.3 is 14.8 Å². The van der Waals surface area contributed by atoms with Crippen LogP contribution in [-0.4, -0.2) is 32.2 Å². The number of carbonyl (C=O) groups excluding carboxylic acids is 2. The predicted octanol–water partition coefficient (Wildman–Crippen LogP) is 3.46. The molecule has 0 aliphatic heterocycles. The summed E-state index contributed by atoms with van der Waals surface area (Å²) in [6.07, 6.45) is -3.42. The molecule has 29 heavy (non-hydrogen) atoms. The Balaban J connectivity index is 2.07. The standard InChI is InChI=1S/C18H15ClF3N3O4/c1-28-12-4-6-15(29-2)10(7-12)9-23-25-17(27)16(26)24-14-8-11(18(20,21)22)3-5-13(14)19/h3-9H,1-2H3,(H,24,26)(H,25,27). The molecule has 0 radical (unpaired) electrons. The van der Waals surface area contributed by atoms with Gasteiger partial charge in [0.25, 0.3) is 0 Å². The lowest BCUT2D eigenvalue weighted by molar-refractivity contribution is -0.137. The molecule has 11 heteroatoms. The molecule has 0 atom stereocenters. The Hall–Kier alpha value is -3.27. The predicted molar refractivity (Wildman–Crippen MR) is 100 cm³/mol. The van der Waals surface area contributed by atoms with Gasteiger partial charge in [0, 0.05) is 5.56 Å². The Labute approximate surface area is 168 Å². The highest BCUT2D eigenvalue weighted by molar-refractivity contribution is 6.41. The van der Waals surface area contributed by atoms with E-state index in [9.17, 15) is 22.8 Å². The van der Waals surface area contributed by atoms with Gasteiger partial charge in [0.05, 0.1) is 36.7 Å². The van der Waals surface area contributed by atoms with Gasteiger partial charge in [-0.05, 0) is 36.4 Å². The molecule has 0 spiro atoms. The number of ether oxygens (including phenoxy) is 2. The van der Waals surface area contributed by atoms with Crippen LogP contribution in [0.15, 0.2) is 41.5 Å². The Morgan fingerprint density at radius 1 is 1.07 bits per heavy atom. The third-order valence-electron chi connectivity index (χ3n) is 3.55. The molecule has 2 aromatic carbocycles. The quantitative estimate of drug-likeness (QED) is 0.433. The van der Waals surface area contributed by atoms with E-state index in [1.54, 1.807) is 18.2 Å². The van der Waals surface area contributed by atoms with Gasteiger partial charge in [0.15, 0.2) is 0 Å². The monoisotopic (exact) mass is 429 g/mol. The Bertz CT molecular complexity index is 948. The van der Waals surface area contributed by atoms with Gasteiger partial charge in [-0.25, -0.2) is 5.43 Å². The molecule has 0 aliphatic rings. The summed E-state index contributed by atoms with van der Waals surface area (Å²) in [5, 5.41) is 5.48. The summed E-state index contributed by atoms with van der Waals surface area (Å²) in [5.41, 5.74) is 1.03. The van der Waals surface area contributed by atoms with Crippen molar-refractivity contribution in [2.24, 2.45) is 5.10 Å². The average molecular weight is 430 g/mol. The maximum absolute atomic E-state index is 12.8. The van der Waals surface area contributed by atoms with Gasteiger partial charge in [0.2, 0.25) is 0 Å². The zero-order valence-electron chi connectivity index (χ0n) is 15.1. The van der Waals surface area contributed by atoms with Crippen molar-refractivity contribution in [1.82, 2.24) is 5.43 Å². The van der Waals surface area contributed by atoms with Crippen LogP contribution in [0, 0.1) is 0 Å². The number of benzene rings is 2. The molecular weight excluding hydrogens is 415 g/mol. The molecule has 2 aromatic rings. The SMILES string of the molecule is COc1ccc(OC)c(C=NNC(=O)C(=O)Nc2cc(C(F)(F)F)ccc2Cl)c1. The van der Waals surface area contributed by atoms with Crippen LogP contribution in [0.3, 0.4) is 0 Å². The first-order chi connectivity index (χ1) is 13.7. The summed E-state index contributed by atoms with van der Waals surface area (Å²) in [4.78, 5) is 23.8. The molecule has 0 saturated heterocycles. The number of alkyl halides is 3. The molecule has 2 N–H and O–H groups in total. The topological polar surface area (TPSA) is 89.0 Å². The molecule has 2 amide bonds. The fraction of sp³-hybridized carbons (Fsp3) is 0.167. The zero-order valence-corrected chi connectivity index (χ0v) is 15.9. The minimum absolute atomic E-state index is 0.163. The fourth-order valence-electron chi connectivity index (χ4n) is 2.13. The fourth-order valence-corrected chi connectivity index (χ4v) is 2.29. The number of nitrogens with zero attached hydrogens (tertiary/aromatic N) is 1. The van der Waals surface area contributed by atoms with E-state index in [2.05, 4.69) is 5.10 Å². The normalized spacial score (nSPS) is 11.2. The average Bonchev–Trinajstić information content (AvgIpc) is 2.68. The largest absolute Gasteiger partial charge is 0.497 e. The minimum Gasteiger partial charge on any atom is -0.497 e. The van der Waals surface area contributed by atoms with Crippen LogP contribution in [0.2, 0.25) is 5.02 Å². The first kappa shape index (κ1) is 22.0. The summed E-state index contributed by atoms with van der Waals surface area (Å²) >= 11 is 5.77. The number of methoxy groups -OCH3 is 2. The number of hydrogen-bond acceptors (Lipinski definition) is 5. The highest BCUT2D eigenvalue weighted by Crippen LogP contribution is 2.33. The second kappa shape index (κ2) is 9.28. The number of anilines is 1. The molecule has 2 rings (SSSR count). The Morgan fingerprint density at radius 3 is 2.41 bits per heavy atom. The molecule has 0 aromatic heterocycles. The van der Waals surface area contributed by atoms with Crippen molar-refractivity contribution in [2.75, 3.05) is 19.5 Å². The summed E-state index contributed by atoms with van der Waals surface area (Å²) in [6, 6.07) is 7.19. The third kappa shape index (κ3) is 5.85. The van der Waals surface area contributed by atoms with Gasteiger partial charge >= 0.3 is 18.0 Å². The Morgan fingerprint density at radius 2 is 1.79 bits per heavy atom. The smallest absolute Gasteiger partial charge is 0.416 e. The third-order valence-corrected chi connectivity index (χ3v) is 3.88. The van der Waals surface area contributed by atoms with Crippen molar-refractivity contribution in [1.29, 1.82) is 0 Å². The number of rotatable bonds is 5. The van der Waals surface area contributed by atoms with Crippen LogP contribution >= 0.6 is 11.6 Å².